The number of para-hydroxylation sites is 2. The lowest BCUT2D eigenvalue weighted by molar-refractivity contribution is 0.662. The fourth-order valence-electron chi connectivity index (χ4n) is 5.08. The van der Waals surface area contributed by atoms with Crippen LogP contribution in [0, 0.1) is 20.8 Å². The van der Waals surface area contributed by atoms with E-state index < -0.39 is 0 Å². The predicted octanol–water partition coefficient (Wildman–Crippen LogP) is 6.94. The zero-order valence-electron chi connectivity index (χ0n) is 18.6. The summed E-state index contributed by atoms with van der Waals surface area (Å²) in [4.78, 5) is 14.1. The summed E-state index contributed by atoms with van der Waals surface area (Å²) in [6, 6.07) is 18.9. The molecule has 1 aliphatic heterocycles. The highest BCUT2D eigenvalue weighted by Crippen LogP contribution is 2.49. The van der Waals surface area contributed by atoms with E-state index in [1.54, 1.807) is 12.4 Å². The van der Waals surface area contributed by atoms with E-state index in [1.807, 2.05) is 12.1 Å². The Balaban J connectivity index is 1.64. The molecule has 1 atom stereocenters. The van der Waals surface area contributed by atoms with Gasteiger partial charge in [0.2, 0.25) is 0 Å². The average molecular weight is 421 g/mol. The molecule has 0 spiro atoms. The number of aryl methyl sites for hydroxylation is 3. The molecule has 3 aromatic carbocycles. The number of furan rings is 1. The summed E-state index contributed by atoms with van der Waals surface area (Å²) in [5.41, 5.74) is 7.58. The number of rotatable bonds is 2. The minimum atomic E-state index is -0.0234. The number of benzene rings is 3. The van der Waals surface area contributed by atoms with Crippen LogP contribution in [-0.2, 0) is 0 Å². The van der Waals surface area contributed by atoms with E-state index in [0.717, 1.165) is 44.8 Å². The number of fused-ring (bicyclic) bond motifs is 4. The maximum Gasteiger partial charge on any atom is 0.178 e. The molecule has 5 aromatic rings. The minimum absolute atomic E-state index is 0.0234. The van der Waals surface area contributed by atoms with Crippen LogP contribution < -0.4 is 9.80 Å². The van der Waals surface area contributed by atoms with Crippen LogP contribution in [0.5, 0.6) is 0 Å². The van der Waals surface area contributed by atoms with Gasteiger partial charge in [0.25, 0.3) is 0 Å². The molecule has 5 heteroatoms. The number of anilines is 4. The molecule has 1 unspecified atom stereocenters. The van der Waals surface area contributed by atoms with Gasteiger partial charge in [-0.3, -0.25) is 4.90 Å². The van der Waals surface area contributed by atoms with Crippen LogP contribution in [0.4, 0.5) is 23.0 Å². The Kier molecular flexibility index (Phi) is 4.02. The summed E-state index contributed by atoms with van der Waals surface area (Å²) in [5, 5.41) is 2.24. The van der Waals surface area contributed by atoms with Crippen molar-refractivity contribution in [2.75, 3.05) is 9.80 Å². The lowest BCUT2D eigenvalue weighted by Gasteiger charge is -2.31. The summed E-state index contributed by atoms with van der Waals surface area (Å²) in [5.74, 6) is 1.71. The summed E-state index contributed by atoms with van der Waals surface area (Å²) in [6.07, 6.45) is 3.51. The smallest absolute Gasteiger partial charge is 0.178 e. The van der Waals surface area contributed by atoms with Crippen molar-refractivity contribution < 1.29 is 4.42 Å². The third kappa shape index (κ3) is 2.51. The molecule has 0 saturated heterocycles. The fourth-order valence-corrected chi connectivity index (χ4v) is 5.08. The third-order valence-electron chi connectivity index (χ3n) is 6.51. The third-order valence-corrected chi connectivity index (χ3v) is 6.51. The Morgan fingerprint density at radius 3 is 2.03 bits per heavy atom. The molecule has 5 nitrogen and oxygen atoms in total. The van der Waals surface area contributed by atoms with Gasteiger partial charge in [-0.15, -0.1) is 0 Å². The summed E-state index contributed by atoms with van der Waals surface area (Å²) in [6.45, 7) is 8.64. The molecule has 0 saturated carbocycles. The molecule has 158 valence electrons. The van der Waals surface area contributed by atoms with Gasteiger partial charge in [0.15, 0.2) is 17.2 Å². The lowest BCUT2D eigenvalue weighted by Crippen LogP contribution is -2.36. The van der Waals surface area contributed by atoms with Crippen LogP contribution in [0.2, 0.25) is 0 Å². The van der Waals surface area contributed by atoms with E-state index in [2.05, 4.69) is 80.0 Å². The molecule has 0 bridgehead atoms. The van der Waals surface area contributed by atoms with E-state index in [0.29, 0.717) is 0 Å². The van der Waals surface area contributed by atoms with Gasteiger partial charge in [-0.1, -0.05) is 48.5 Å². The van der Waals surface area contributed by atoms with E-state index in [9.17, 15) is 0 Å². The maximum atomic E-state index is 6.42. The molecular weight excluding hydrogens is 396 g/mol. The Morgan fingerprint density at radius 1 is 0.688 bits per heavy atom. The molecule has 1 aliphatic rings. The lowest BCUT2D eigenvalue weighted by atomic mass is 10.1. The van der Waals surface area contributed by atoms with Crippen molar-refractivity contribution >= 4 is 44.9 Å². The normalized spacial score (nSPS) is 15.7. The standard InChI is InChI=1S/C27H24N4O/c1-16-8-7-9-17(2)23(16)30-19(4)31(27-26(30)28-14-15-29-27)24-18(3)12-13-21-20-10-5-6-11-22(20)32-25(21)24/h5-15,19H,1-4H3. The first-order valence-corrected chi connectivity index (χ1v) is 10.9. The van der Waals surface area contributed by atoms with E-state index >= 15 is 0 Å². The van der Waals surface area contributed by atoms with Crippen molar-refractivity contribution in [3.63, 3.8) is 0 Å². The van der Waals surface area contributed by atoms with Crippen LogP contribution in [0.3, 0.4) is 0 Å². The molecular formula is C27H24N4O. The Labute approximate surface area is 186 Å². The zero-order chi connectivity index (χ0) is 22.0. The molecule has 0 radical (unpaired) electrons. The van der Waals surface area contributed by atoms with E-state index in [-0.39, 0.29) is 6.17 Å². The SMILES string of the molecule is Cc1cccc(C)c1N1c2nccnc2N(c2c(C)ccc3c2oc2ccccc23)C1C. The quantitative estimate of drug-likeness (QED) is 0.310. The van der Waals surface area contributed by atoms with Crippen molar-refractivity contribution in [3.05, 3.63) is 83.7 Å². The zero-order valence-corrected chi connectivity index (χ0v) is 18.6. The van der Waals surface area contributed by atoms with Crippen molar-refractivity contribution in [2.24, 2.45) is 0 Å². The van der Waals surface area contributed by atoms with Gasteiger partial charge in [0.1, 0.15) is 11.7 Å². The summed E-state index contributed by atoms with van der Waals surface area (Å²) in [7, 11) is 0. The van der Waals surface area contributed by atoms with Crippen LogP contribution in [0.25, 0.3) is 21.9 Å². The predicted molar refractivity (Wildman–Crippen MR) is 130 cm³/mol. The minimum Gasteiger partial charge on any atom is -0.454 e. The van der Waals surface area contributed by atoms with Crippen LogP contribution in [-0.4, -0.2) is 16.1 Å². The number of hydrogen-bond acceptors (Lipinski definition) is 5. The second kappa shape index (κ2) is 6.82. The molecule has 0 fully saturated rings. The first kappa shape index (κ1) is 18.9. The van der Waals surface area contributed by atoms with Gasteiger partial charge >= 0.3 is 0 Å². The second-order valence-corrected chi connectivity index (χ2v) is 8.52. The highest BCUT2D eigenvalue weighted by molar-refractivity contribution is 6.10. The van der Waals surface area contributed by atoms with Crippen LogP contribution >= 0.6 is 0 Å². The molecule has 0 amide bonds. The van der Waals surface area contributed by atoms with E-state index in [4.69, 9.17) is 14.4 Å². The highest BCUT2D eigenvalue weighted by Gasteiger charge is 2.40. The fraction of sp³-hybridized carbons (Fsp3) is 0.185. The molecule has 32 heavy (non-hydrogen) atoms. The highest BCUT2D eigenvalue weighted by atomic mass is 16.3. The summed E-state index contributed by atoms with van der Waals surface area (Å²) >= 11 is 0. The van der Waals surface area contributed by atoms with E-state index in [1.165, 1.54) is 16.8 Å². The number of nitrogens with zero attached hydrogens (tertiary/aromatic N) is 4. The van der Waals surface area contributed by atoms with Crippen LogP contribution in [0.15, 0.2) is 71.4 Å². The van der Waals surface area contributed by atoms with Crippen molar-refractivity contribution in [1.29, 1.82) is 0 Å². The van der Waals surface area contributed by atoms with Crippen molar-refractivity contribution in [1.82, 2.24) is 9.97 Å². The van der Waals surface area contributed by atoms with Gasteiger partial charge in [-0.25, -0.2) is 9.97 Å². The second-order valence-electron chi connectivity index (χ2n) is 8.52. The maximum absolute atomic E-state index is 6.42. The Bertz CT molecular complexity index is 1480. The first-order valence-electron chi connectivity index (χ1n) is 10.9. The number of aromatic nitrogens is 2. The van der Waals surface area contributed by atoms with Crippen molar-refractivity contribution in [2.45, 2.75) is 33.9 Å². The Hall–Kier alpha value is -3.86. The number of hydrogen-bond donors (Lipinski definition) is 0. The molecule has 6 rings (SSSR count). The van der Waals surface area contributed by atoms with Gasteiger partial charge in [0.05, 0.1) is 11.4 Å². The van der Waals surface area contributed by atoms with Gasteiger partial charge in [-0.05, 0) is 50.5 Å². The first-order chi connectivity index (χ1) is 15.6. The monoisotopic (exact) mass is 420 g/mol. The summed E-state index contributed by atoms with van der Waals surface area (Å²) < 4.78 is 6.42. The van der Waals surface area contributed by atoms with Gasteiger partial charge < -0.3 is 9.32 Å². The Morgan fingerprint density at radius 2 is 1.31 bits per heavy atom. The molecule has 3 heterocycles. The molecule has 0 aliphatic carbocycles. The van der Waals surface area contributed by atoms with Crippen molar-refractivity contribution in [3.8, 4) is 0 Å². The van der Waals surface area contributed by atoms with Gasteiger partial charge in [-0.2, -0.15) is 0 Å². The molecule has 0 N–H and O–H groups in total. The topological polar surface area (TPSA) is 45.4 Å². The largest absolute Gasteiger partial charge is 0.454 e. The molecule has 2 aromatic heterocycles. The van der Waals surface area contributed by atoms with Crippen LogP contribution in [0.1, 0.15) is 23.6 Å². The average Bonchev–Trinajstić information content (AvgIpc) is 3.30. The van der Waals surface area contributed by atoms with Gasteiger partial charge in [0, 0.05) is 23.2 Å².